The van der Waals surface area contributed by atoms with Gasteiger partial charge in [-0.3, -0.25) is 5.32 Å². The highest BCUT2D eigenvalue weighted by atomic mass is 16.6. The molecule has 160 valence electrons. The molecule has 0 bridgehead atoms. The van der Waals surface area contributed by atoms with Gasteiger partial charge in [0.1, 0.15) is 12.2 Å². The molecule has 0 amide bonds. The molecule has 6 nitrogen and oxygen atoms in total. The molecule has 0 radical (unpaired) electrons. The van der Waals surface area contributed by atoms with Crippen molar-refractivity contribution in [1.82, 2.24) is 5.32 Å². The minimum absolute atomic E-state index is 0.0521. The summed E-state index contributed by atoms with van der Waals surface area (Å²) in [6.45, 7) is 15.1. The SMILES string of the molecule is CC(C)(C)OC(=O)COCCOCCNCOCc1ccc(C(C)(C)C)cc1. The maximum Gasteiger partial charge on any atom is 0.332 e. The highest BCUT2D eigenvalue weighted by Gasteiger charge is 2.16. The summed E-state index contributed by atoms with van der Waals surface area (Å²) in [5, 5.41) is 3.16. The Kier molecular flexibility index (Phi) is 10.7. The van der Waals surface area contributed by atoms with Gasteiger partial charge in [-0.05, 0) is 37.3 Å². The first-order chi connectivity index (χ1) is 13.1. The number of hydrogen-bond acceptors (Lipinski definition) is 6. The normalized spacial score (nSPS) is 12.2. The molecular formula is C22H37NO5. The highest BCUT2D eigenvalue weighted by Crippen LogP contribution is 2.22. The molecular weight excluding hydrogens is 358 g/mol. The summed E-state index contributed by atoms with van der Waals surface area (Å²) >= 11 is 0. The molecule has 0 aliphatic heterocycles. The van der Waals surface area contributed by atoms with Crippen LogP contribution in [0.5, 0.6) is 0 Å². The first-order valence-corrected chi connectivity index (χ1v) is 9.83. The predicted octanol–water partition coefficient (Wildman–Crippen LogP) is 3.42. The molecule has 1 aromatic rings. The quantitative estimate of drug-likeness (QED) is 0.332. The monoisotopic (exact) mass is 395 g/mol. The topological polar surface area (TPSA) is 66.0 Å². The van der Waals surface area contributed by atoms with Crippen LogP contribution >= 0.6 is 0 Å². The Morgan fingerprint density at radius 3 is 2.14 bits per heavy atom. The van der Waals surface area contributed by atoms with E-state index in [1.165, 1.54) is 5.56 Å². The zero-order valence-corrected chi connectivity index (χ0v) is 18.3. The van der Waals surface area contributed by atoms with Gasteiger partial charge in [-0.2, -0.15) is 0 Å². The van der Waals surface area contributed by atoms with E-state index in [-0.39, 0.29) is 18.0 Å². The Bertz CT molecular complexity index is 558. The molecule has 0 aliphatic rings. The first kappa shape index (κ1) is 24.6. The Morgan fingerprint density at radius 1 is 0.893 bits per heavy atom. The van der Waals surface area contributed by atoms with Crippen molar-refractivity contribution in [3.63, 3.8) is 0 Å². The van der Waals surface area contributed by atoms with E-state index in [1.807, 2.05) is 20.8 Å². The highest BCUT2D eigenvalue weighted by molar-refractivity contribution is 5.71. The van der Waals surface area contributed by atoms with Gasteiger partial charge in [-0.15, -0.1) is 0 Å². The van der Waals surface area contributed by atoms with E-state index in [1.54, 1.807) is 0 Å². The van der Waals surface area contributed by atoms with Gasteiger partial charge >= 0.3 is 5.97 Å². The average Bonchev–Trinajstić information content (AvgIpc) is 2.57. The zero-order valence-electron chi connectivity index (χ0n) is 18.3. The lowest BCUT2D eigenvalue weighted by molar-refractivity contribution is -0.160. The van der Waals surface area contributed by atoms with Gasteiger partial charge in [0.15, 0.2) is 0 Å². The van der Waals surface area contributed by atoms with E-state index in [0.29, 0.717) is 39.7 Å². The smallest absolute Gasteiger partial charge is 0.332 e. The number of carbonyl (C=O) groups excluding carboxylic acids is 1. The number of benzene rings is 1. The van der Waals surface area contributed by atoms with Crippen molar-refractivity contribution < 1.29 is 23.7 Å². The fourth-order valence-electron chi connectivity index (χ4n) is 2.30. The van der Waals surface area contributed by atoms with E-state index in [2.05, 4.69) is 50.4 Å². The third-order valence-corrected chi connectivity index (χ3v) is 3.73. The summed E-state index contributed by atoms with van der Waals surface area (Å²) in [5.74, 6) is -0.362. The van der Waals surface area contributed by atoms with Gasteiger partial charge in [0.05, 0.1) is 33.2 Å². The van der Waals surface area contributed by atoms with Gasteiger partial charge < -0.3 is 18.9 Å². The molecule has 0 unspecified atom stereocenters. The van der Waals surface area contributed by atoms with E-state index < -0.39 is 5.60 Å². The molecule has 28 heavy (non-hydrogen) atoms. The molecule has 0 saturated heterocycles. The first-order valence-electron chi connectivity index (χ1n) is 9.83. The van der Waals surface area contributed by atoms with E-state index in [0.717, 1.165) is 5.56 Å². The van der Waals surface area contributed by atoms with Crippen molar-refractivity contribution in [2.45, 2.75) is 59.2 Å². The van der Waals surface area contributed by atoms with Gasteiger partial charge in [-0.1, -0.05) is 45.0 Å². The summed E-state index contributed by atoms with van der Waals surface area (Å²) in [6, 6.07) is 8.54. The zero-order chi connectivity index (χ0) is 21.0. The molecule has 6 heteroatoms. The van der Waals surface area contributed by atoms with Crippen LogP contribution < -0.4 is 5.32 Å². The van der Waals surface area contributed by atoms with Crippen LogP contribution in [0.2, 0.25) is 0 Å². The van der Waals surface area contributed by atoms with Gasteiger partial charge in [-0.25, -0.2) is 4.79 Å². The third kappa shape index (κ3) is 12.1. The van der Waals surface area contributed by atoms with Crippen molar-refractivity contribution in [2.24, 2.45) is 0 Å². The molecule has 0 atom stereocenters. The number of nitrogens with one attached hydrogen (secondary N) is 1. The summed E-state index contributed by atoms with van der Waals surface area (Å²) < 4.78 is 21.4. The van der Waals surface area contributed by atoms with Crippen LogP contribution in [0, 0.1) is 0 Å². The van der Waals surface area contributed by atoms with Gasteiger partial charge in [0.25, 0.3) is 0 Å². The summed E-state index contributed by atoms with van der Waals surface area (Å²) in [6.07, 6.45) is 0. The van der Waals surface area contributed by atoms with Crippen molar-refractivity contribution in [3.05, 3.63) is 35.4 Å². The molecule has 0 fully saturated rings. The Hall–Kier alpha value is -1.47. The Labute approximate surface area is 169 Å². The molecule has 1 N–H and O–H groups in total. The van der Waals surface area contributed by atoms with E-state index in [4.69, 9.17) is 18.9 Å². The number of ether oxygens (including phenoxy) is 4. The maximum atomic E-state index is 11.4. The fraction of sp³-hybridized carbons (Fsp3) is 0.682. The number of hydrogen-bond donors (Lipinski definition) is 1. The standard InChI is InChI=1S/C22H37NO5/c1-21(2,3)19-9-7-18(8-10-19)15-27-17-23-11-12-25-13-14-26-16-20(24)28-22(4,5)6/h7-10,23H,11-17H2,1-6H3. The van der Waals surface area contributed by atoms with Crippen molar-refractivity contribution in [2.75, 3.05) is 39.7 Å². The lowest BCUT2D eigenvalue weighted by atomic mass is 9.87. The van der Waals surface area contributed by atoms with Crippen LogP contribution in [-0.4, -0.2) is 51.3 Å². The molecule has 0 heterocycles. The van der Waals surface area contributed by atoms with Crippen LogP contribution in [0.3, 0.4) is 0 Å². The Balaban J connectivity index is 1.95. The molecule has 1 aromatic carbocycles. The van der Waals surface area contributed by atoms with Crippen molar-refractivity contribution in [3.8, 4) is 0 Å². The van der Waals surface area contributed by atoms with Crippen LogP contribution in [0.1, 0.15) is 52.7 Å². The number of rotatable bonds is 12. The van der Waals surface area contributed by atoms with Gasteiger partial charge in [0, 0.05) is 6.54 Å². The van der Waals surface area contributed by atoms with E-state index in [9.17, 15) is 4.79 Å². The largest absolute Gasteiger partial charge is 0.458 e. The molecule has 0 saturated carbocycles. The van der Waals surface area contributed by atoms with Crippen molar-refractivity contribution >= 4 is 5.97 Å². The minimum Gasteiger partial charge on any atom is -0.458 e. The van der Waals surface area contributed by atoms with Crippen LogP contribution in [0.25, 0.3) is 0 Å². The molecule has 0 aromatic heterocycles. The summed E-state index contributed by atoms with van der Waals surface area (Å²) in [7, 11) is 0. The van der Waals surface area contributed by atoms with Crippen LogP contribution in [-0.2, 0) is 35.8 Å². The van der Waals surface area contributed by atoms with Crippen LogP contribution in [0.15, 0.2) is 24.3 Å². The molecule has 0 spiro atoms. The second-order valence-electron chi connectivity index (χ2n) is 8.69. The Morgan fingerprint density at radius 2 is 1.54 bits per heavy atom. The molecule has 1 rings (SSSR count). The second-order valence-corrected chi connectivity index (χ2v) is 8.69. The lowest BCUT2D eigenvalue weighted by Crippen LogP contribution is -2.27. The van der Waals surface area contributed by atoms with Gasteiger partial charge in [0.2, 0.25) is 0 Å². The predicted molar refractivity (Wildman–Crippen MR) is 110 cm³/mol. The average molecular weight is 396 g/mol. The molecule has 0 aliphatic carbocycles. The van der Waals surface area contributed by atoms with E-state index >= 15 is 0 Å². The fourth-order valence-corrected chi connectivity index (χ4v) is 2.30. The lowest BCUT2D eigenvalue weighted by Gasteiger charge is -2.19. The van der Waals surface area contributed by atoms with Crippen molar-refractivity contribution in [1.29, 1.82) is 0 Å². The number of carbonyl (C=O) groups is 1. The third-order valence-electron chi connectivity index (χ3n) is 3.73. The summed E-state index contributed by atoms with van der Waals surface area (Å²) in [5.41, 5.74) is 2.16. The maximum absolute atomic E-state index is 11.4. The minimum atomic E-state index is -0.486. The summed E-state index contributed by atoms with van der Waals surface area (Å²) in [4.78, 5) is 11.4. The second kappa shape index (κ2) is 12.2. The van der Waals surface area contributed by atoms with Crippen LogP contribution in [0.4, 0.5) is 0 Å². The number of esters is 1.